The molecule has 4 heteroatoms. The van der Waals surface area contributed by atoms with Gasteiger partial charge in [0, 0.05) is 30.3 Å². The zero-order valence-electron chi connectivity index (χ0n) is 10.5. The molecule has 1 N–H and O–H groups in total. The smallest absolute Gasteiger partial charge is 0.141 e. The van der Waals surface area contributed by atoms with Gasteiger partial charge in [-0.3, -0.25) is 4.98 Å². The number of hydrogen-bond acceptors (Lipinski definition) is 4. The lowest BCUT2D eigenvalue weighted by Gasteiger charge is -2.31. The van der Waals surface area contributed by atoms with E-state index in [0.29, 0.717) is 5.92 Å². The molecule has 2 atom stereocenters. The van der Waals surface area contributed by atoms with Crippen molar-refractivity contribution >= 4 is 0 Å². The molecule has 94 valence electrons. The van der Waals surface area contributed by atoms with Crippen molar-refractivity contribution in [2.45, 2.75) is 18.9 Å². The summed E-state index contributed by atoms with van der Waals surface area (Å²) in [5.41, 5.74) is 1.17. The van der Waals surface area contributed by atoms with E-state index in [9.17, 15) is 0 Å². The van der Waals surface area contributed by atoms with Gasteiger partial charge in [-0.2, -0.15) is 0 Å². The van der Waals surface area contributed by atoms with Crippen LogP contribution < -0.4 is 10.1 Å². The SMILES string of the molecule is CNC(c1ccncc1OC)C1CCCOC1. The number of rotatable bonds is 4. The lowest BCUT2D eigenvalue weighted by atomic mass is 9.89. The summed E-state index contributed by atoms with van der Waals surface area (Å²) in [6.45, 7) is 1.71. The summed E-state index contributed by atoms with van der Waals surface area (Å²) < 4.78 is 10.9. The van der Waals surface area contributed by atoms with Crippen molar-refractivity contribution in [3.05, 3.63) is 24.0 Å². The minimum Gasteiger partial charge on any atom is -0.495 e. The van der Waals surface area contributed by atoms with Crippen molar-refractivity contribution in [3.8, 4) is 5.75 Å². The molecule has 1 aromatic rings. The number of methoxy groups -OCH3 is 1. The predicted molar refractivity (Wildman–Crippen MR) is 66.1 cm³/mol. The zero-order valence-corrected chi connectivity index (χ0v) is 10.5. The van der Waals surface area contributed by atoms with Gasteiger partial charge >= 0.3 is 0 Å². The Morgan fingerprint density at radius 3 is 3.12 bits per heavy atom. The van der Waals surface area contributed by atoms with E-state index in [1.807, 2.05) is 19.3 Å². The molecular formula is C13H20N2O2. The van der Waals surface area contributed by atoms with Crippen LogP contribution in [0.5, 0.6) is 5.75 Å². The minimum absolute atomic E-state index is 0.272. The average Bonchev–Trinajstić information content (AvgIpc) is 2.41. The molecule has 0 bridgehead atoms. The van der Waals surface area contributed by atoms with Gasteiger partial charge in [-0.05, 0) is 26.0 Å². The first-order valence-electron chi connectivity index (χ1n) is 6.09. The Labute approximate surface area is 102 Å². The van der Waals surface area contributed by atoms with E-state index in [0.717, 1.165) is 25.4 Å². The highest BCUT2D eigenvalue weighted by atomic mass is 16.5. The van der Waals surface area contributed by atoms with E-state index in [1.54, 1.807) is 13.3 Å². The highest BCUT2D eigenvalue weighted by Crippen LogP contribution is 2.33. The Balaban J connectivity index is 2.21. The first-order chi connectivity index (χ1) is 8.36. The average molecular weight is 236 g/mol. The Kier molecular flexibility index (Phi) is 4.34. The standard InChI is InChI=1S/C13H20N2O2/c1-14-13(10-4-3-7-17-9-10)11-5-6-15-8-12(11)16-2/h5-6,8,10,13-14H,3-4,7,9H2,1-2H3. The number of nitrogens with zero attached hydrogens (tertiary/aromatic N) is 1. The first kappa shape index (κ1) is 12.3. The summed E-state index contributed by atoms with van der Waals surface area (Å²) >= 11 is 0. The van der Waals surface area contributed by atoms with Gasteiger partial charge in [0.05, 0.1) is 19.9 Å². The molecule has 1 aliphatic heterocycles. The van der Waals surface area contributed by atoms with E-state index in [4.69, 9.17) is 9.47 Å². The summed E-state index contributed by atoms with van der Waals surface area (Å²) in [6.07, 6.45) is 5.91. The molecule has 0 aromatic carbocycles. The quantitative estimate of drug-likeness (QED) is 0.865. The van der Waals surface area contributed by atoms with Gasteiger partial charge in [0.15, 0.2) is 0 Å². The Hall–Kier alpha value is -1.13. The number of hydrogen-bond donors (Lipinski definition) is 1. The van der Waals surface area contributed by atoms with Crippen molar-refractivity contribution in [1.29, 1.82) is 0 Å². The maximum atomic E-state index is 5.56. The van der Waals surface area contributed by atoms with E-state index < -0.39 is 0 Å². The highest BCUT2D eigenvalue weighted by molar-refractivity contribution is 5.33. The topological polar surface area (TPSA) is 43.4 Å². The second kappa shape index (κ2) is 5.98. The van der Waals surface area contributed by atoms with Crippen LogP contribution in [0.25, 0.3) is 0 Å². The predicted octanol–water partition coefficient (Wildman–Crippen LogP) is 1.78. The molecule has 2 unspecified atom stereocenters. The van der Waals surface area contributed by atoms with Crippen molar-refractivity contribution < 1.29 is 9.47 Å². The monoisotopic (exact) mass is 236 g/mol. The van der Waals surface area contributed by atoms with Gasteiger partial charge in [-0.15, -0.1) is 0 Å². The number of nitrogens with one attached hydrogen (secondary N) is 1. The van der Waals surface area contributed by atoms with Gasteiger partial charge in [0.1, 0.15) is 5.75 Å². The Morgan fingerprint density at radius 2 is 2.47 bits per heavy atom. The van der Waals surface area contributed by atoms with E-state index >= 15 is 0 Å². The molecule has 2 heterocycles. The largest absolute Gasteiger partial charge is 0.495 e. The number of pyridine rings is 1. The van der Waals surface area contributed by atoms with Crippen LogP contribution >= 0.6 is 0 Å². The molecule has 1 aromatic heterocycles. The molecule has 0 saturated carbocycles. The third-order valence-corrected chi connectivity index (χ3v) is 3.35. The third-order valence-electron chi connectivity index (χ3n) is 3.35. The third kappa shape index (κ3) is 2.76. The molecular weight excluding hydrogens is 216 g/mol. The molecule has 17 heavy (non-hydrogen) atoms. The molecule has 0 amide bonds. The lowest BCUT2D eigenvalue weighted by Crippen LogP contribution is -2.31. The van der Waals surface area contributed by atoms with Crippen LogP contribution in [0.3, 0.4) is 0 Å². The summed E-state index contributed by atoms with van der Waals surface area (Å²) in [4.78, 5) is 4.09. The van der Waals surface area contributed by atoms with Gasteiger partial charge in [0.25, 0.3) is 0 Å². The van der Waals surface area contributed by atoms with Crippen molar-refractivity contribution in [1.82, 2.24) is 10.3 Å². The fourth-order valence-electron chi connectivity index (χ4n) is 2.49. The summed E-state index contributed by atoms with van der Waals surface area (Å²) in [5, 5.41) is 3.38. The van der Waals surface area contributed by atoms with Gasteiger partial charge in [0.2, 0.25) is 0 Å². The van der Waals surface area contributed by atoms with Crippen LogP contribution in [0.4, 0.5) is 0 Å². The second-order valence-electron chi connectivity index (χ2n) is 4.36. The molecule has 1 fully saturated rings. The summed E-state index contributed by atoms with van der Waals surface area (Å²) in [6, 6.07) is 2.29. The van der Waals surface area contributed by atoms with E-state index in [-0.39, 0.29) is 6.04 Å². The maximum Gasteiger partial charge on any atom is 0.141 e. The fourth-order valence-corrected chi connectivity index (χ4v) is 2.49. The second-order valence-corrected chi connectivity index (χ2v) is 4.36. The molecule has 0 spiro atoms. The maximum absolute atomic E-state index is 5.56. The van der Waals surface area contributed by atoms with Gasteiger partial charge in [-0.25, -0.2) is 0 Å². The van der Waals surface area contributed by atoms with Crippen LogP contribution in [-0.4, -0.2) is 32.4 Å². The molecule has 4 nitrogen and oxygen atoms in total. The molecule has 1 saturated heterocycles. The van der Waals surface area contributed by atoms with Crippen LogP contribution in [-0.2, 0) is 4.74 Å². The van der Waals surface area contributed by atoms with Crippen molar-refractivity contribution in [2.24, 2.45) is 5.92 Å². The van der Waals surface area contributed by atoms with Crippen LogP contribution in [0.2, 0.25) is 0 Å². The fraction of sp³-hybridized carbons (Fsp3) is 0.615. The van der Waals surface area contributed by atoms with Crippen LogP contribution in [0.1, 0.15) is 24.4 Å². The minimum atomic E-state index is 0.272. The van der Waals surface area contributed by atoms with Crippen LogP contribution in [0.15, 0.2) is 18.5 Å². The highest BCUT2D eigenvalue weighted by Gasteiger charge is 2.26. The van der Waals surface area contributed by atoms with Gasteiger partial charge in [-0.1, -0.05) is 0 Å². The normalized spacial score (nSPS) is 22.1. The Bertz CT molecular complexity index is 351. The molecule has 0 aliphatic carbocycles. The van der Waals surface area contributed by atoms with Crippen LogP contribution in [0, 0.1) is 5.92 Å². The zero-order chi connectivity index (χ0) is 12.1. The van der Waals surface area contributed by atoms with Gasteiger partial charge < -0.3 is 14.8 Å². The van der Waals surface area contributed by atoms with E-state index in [1.165, 1.54) is 12.0 Å². The van der Waals surface area contributed by atoms with E-state index in [2.05, 4.69) is 10.3 Å². The number of ether oxygens (including phenoxy) is 2. The lowest BCUT2D eigenvalue weighted by molar-refractivity contribution is 0.0398. The molecule has 0 radical (unpaired) electrons. The Morgan fingerprint density at radius 1 is 1.59 bits per heavy atom. The molecule has 1 aliphatic rings. The summed E-state index contributed by atoms with van der Waals surface area (Å²) in [5.74, 6) is 1.35. The first-order valence-corrected chi connectivity index (χ1v) is 6.09. The number of aromatic nitrogens is 1. The molecule has 2 rings (SSSR count). The van der Waals surface area contributed by atoms with Crippen molar-refractivity contribution in [2.75, 3.05) is 27.4 Å². The van der Waals surface area contributed by atoms with Crippen molar-refractivity contribution in [3.63, 3.8) is 0 Å². The summed E-state index contributed by atoms with van der Waals surface area (Å²) in [7, 11) is 3.67.